The van der Waals surface area contributed by atoms with Gasteiger partial charge in [-0.15, -0.1) is 0 Å². The van der Waals surface area contributed by atoms with Crippen molar-refractivity contribution in [1.29, 1.82) is 0 Å². The highest BCUT2D eigenvalue weighted by atomic mass is 16.5. The fraction of sp³-hybridized carbons (Fsp3) is 0.667. The molecule has 1 amide bonds. The van der Waals surface area contributed by atoms with Gasteiger partial charge in [-0.05, 0) is 61.4 Å². The minimum absolute atomic E-state index is 0.0834. The molecule has 3 rings (SSSR count). The number of amides is 1. The van der Waals surface area contributed by atoms with Gasteiger partial charge in [0.15, 0.2) is 6.61 Å². The third-order valence-electron chi connectivity index (χ3n) is 5.72. The standard InChI is InChI=1S/C21H32N2O3/c1-21(2,3)18-11-17(25-4)5-6-19(18)26-14-20(24)23-9-7-15-12-22-13-16(15)8-10-23/h5-6,11,15-16,22H,7-10,12-14H2,1-4H3/t15-,16+. The molecule has 2 atom stereocenters. The van der Waals surface area contributed by atoms with Crippen molar-refractivity contribution < 1.29 is 14.3 Å². The lowest BCUT2D eigenvalue weighted by atomic mass is 9.86. The SMILES string of the molecule is COc1ccc(OCC(=O)N2CC[C@@H]3CNC[C@@H]3CC2)c(C(C)(C)C)c1. The van der Waals surface area contributed by atoms with Crippen molar-refractivity contribution in [3.63, 3.8) is 0 Å². The molecule has 0 saturated carbocycles. The van der Waals surface area contributed by atoms with Crippen LogP contribution in [0.4, 0.5) is 0 Å². The fourth-order valence-electron chi connectivity index (χ4n) is 4.05. The number of carbonyl (C=O) groups is 1. The molecule has 2 saturated heterocycles. The number of rotatable bonds is 4. The molecule has 2 heterocycles. The van der Waals surface area contributed by atoms with Gasteiger partial charge in [0, 0.05) is 18.7 Å². The summed E-state index contributed by atoms with van der Waals surface area (Å²) in [6.07, 6.45) is 2.19. The van der Waals surface area contributed by atoms with E-state index in [9.17, 15) is 4.79 Å². The summed E-state index contributed by atoms with van der Waals surface area (Å²) in [4.78, 5) is 14.7. The third kappa shape index (κ3) is 4.32. The van der Waals surface area contributed by atoms with Crippen LogP contribution in [0.1, 0.15) is 39.2 Å². The Morgan fingerprint density at radius 2 is 1.85 bits per heavy atom. The topological polar surface area (TPSA) is 50.8 Å². The third-order valence-corrected chi connectivity index (χ3v) is 5.72. The summed E-state index contributed by atoms with van der Waals surface area (Å²) in [5.41, 5.74) is 0.973. The Morgan fingerprint density at radius 1 is 1.19 bits per heavy atom. The van der Waals surface area contributed by atoms with E-state index in [1.54, 1.807) is 7.11 Å². The van der Waals surface area contributed by atoms with Gasteiger partial charge in [-0.3, -0.25) is 4.79 Å². The Morgan fingerprint density at radius 3 is 2.42 bits per heavy atom. The van der Waals surface area contributed by atoms with Crippen LogP contribution in [0, 0.1) is 11.8 Å². The maximum atomic E-state index is 12.7. The monoisotopic (exact) mass is 360 g/mol. The van der Waals surface area contributed by atoms with E-state index in [0.29, 0.717) is 0 Å². The van der Waals surface area contributed by atoms with Crippen LogP contribution in [0.2, 0.25) is 0 Å². The Bertz CT molecular complexity index is 625. The van der Waals surface area contributed by atoms with Crippen molar-refractivity contribution >= 4 is 5.91 Å². The van der Waals surface area contributed by atoms with Gasteiger partial charge in [0.25, 0.3) is 5.91 Å². The number of fused-ring (bicyclic) bond motifs is 1. The Labute approximate surface area is 157 Å². The number of likely N-dealkylation sites (tertiary alicyclic amines) is 1. The first-order chi connectivity index (χ1) is 12.4. The number of hydrogen-bond donors (Lipinski definition) is 1. The second-order valence-corrected chi connectivity index (χ2v) is 8.54. The van der Waals surface area contributed by atoms with Crippen LogP contribution in [0.5, 0.6) is 11.5 Å². The molecule has 144 valence electrons. The van der Waals surface area contributed by atoms with Gasteiger partial charge in [-0.1, -0.05) is 20.8 Å². The largest absolute Gasteiger partial charge is 0.497 e. The van der Waals surface area contributed by atoms with E-state index in [-0.39, 0.29) is 17.9 Å². The van der Waals surface area contributed by atoms with Gasteiger partial charge in [0.2, 0.25) is 0 Å². The average Bonchev–Trinajstić information content (AvgIpc) is 2.97. The van der Waals surface area contributed by atoms with Crippen LogP contribution in [0.15, 0.2) is 18.2 Å². The smallest absolute Gasteiger partial charge is 0.260 e. The molecule has 26 heavy (non-hydrogen) atoms. The van der Waals surface area contributed by atoms with Crippen molar-refractivity contribution in [2.45, 2.75) is 39.0 Å². The maximum absolute atomic E-state index is 12.7. The molecule has 0 spiro atoms. The second-order valence-electron chi connectivity index (χ2n) is 8.54. The number of ether oxygens (including phenoxy) is 2. The summed E-state index contributed by atoms with van der Waals surface area (Å²) in [7, 11) is 1.66. The normalized spacial score (nSPS) is 23.3. The van der Waals surface area contributed by atoms with E-state index in [1.165, 1.54) is 0 Å². The minimum Gasteiger partial charge on any atom is -0.497 e. The van der Waals surface area contributed by atoms with Crippen molar-refractivity contribution in [3.05, 3.63) is 23.8 Å². The molecule has 0 aliphatic carbocycles. The lowest BCUT2D eigenvalue weighted by Gasteiger charge is -2.25. The molecule has 1 aromatic rings. The Balaban J connectivity index is 1.62. The van der Waals surface area contributed by atoms with Crippen molar-refractivity contribution in [2.24, 2.45) is 11.8 Å². The van der Waals surface area contributed by atoms with Gasteiger partial charge in [-0.25, -0.2) is 0 Å². The summed E-state index contributed by atoms with van der Waals surface area (Å²) >= 11 is 0. The van der Waals surface area contributed by atoms with Crippen LogP contribution in [0.3, 0.4) is 0 Å². The highest BCUT2D eigenvalue weighted by Crippen LogP contribution is 2.34. The molecular weight excluding hydrogens is 328 g/mol. The van der Waals surface area contributed by atoms with E-state index in [2.05, 4.69) is 26.1 Å². The maximum Gasteiger partial charge on any atom is 0.260 e. The van der Waals surface area contributed by atoms with E-state index >= 15 is 0 Å². The van der Waals surface area contributed by atoms with Gasteiger partial charge < -0.3 is 19.7 Å². The van der Waals surface area contributed by atoms with E-state index in [4.69, 9.17) is 9.47 Å². The summed E-state index contributed by atoms with van der Waals surface area (Å²) in [5, 5.41) is 3.47. The average molecular weight is 360 g/mol. The molecule has 0 bridgehead atoms. The van der Waals surface area contributed by atoms with Crippen molar-refractivity contribution in [2.75, 3.05) is 39.9 Å². The molecule has 1 aromatic carbocycles. The van der Waals surface area contributed by atoms with Crippen LogP contribution < -0.4 is 14.8 Å². The molecule has 0 radical (unpaired) electrons. The number of nitrogens with zero attached hydrogens (tertiary/aromatic N) is 1. The lowest BCUT2D eigenvalue weighted by molar-refractivity contribution is -0.133. The van der Waals surface area contributed by atoms with E-state index in [0.717, 1.165) is 67.9 Å². The van der Waals surface area contributed by atoms with Crippen molar-refractivity contribution in [3.8, 4) is 11.5 Å². The summed E-state index contributed by atoms with van der Waals surface area (Å²) in [6, 6.07) is 5.79. The van der Waals surface area contributed by atoms with Gasteiger partial charge in [0.1, 0.15) is 11.5 Å². The number of carbonyl (C=O) groups excluding carboxylic acids is 1. The quantitative estimate of drug-likeness (QED) is 0.897. The molecule has 5 nitrogen and oxygen atoms in total. The number of methoxy groups -OCH3 is 1. The van der Waals surface area contributed by atoms with Crippen LogP contribution >= 0.6 is 0 Å². The molecule has 2 aliphatic rings. The molecule has 1 N–H and O–H groups in total. The lowest BCUT2D eigenvalue weighted by Crippen LogP contribution is -2.36. The predicted octanol–water partition coefficient (Wildman–Crippen LogP) is 2.83. The van der Waals surface area contributed by atoms with Gasteiger partial charge in [-0.2, -0.15) is 0 Å². The zero-order chi connectivity index (χ0) is 18.7. The minimum atomic E-state index is -0.0834. The Hall–Kier alpha value is -1.75. The molecule has 0 unspecified atom stereocenters. The van der Waals surface area contributed by atoms with E-state index in [1.807, 2.05) is 23.1 Å². The second kappa shape index (κ2) is 7.87. The summed E-state index contributed by atoms with van der Waals surface area (Å²) < 4.78 is 11.3. The zero-order valence-corrected chi connectivity index (χ0v) is 16.5. The molecule has 2 fully saturated rings. The molecule has 2 aliphatic heterocycles. The first-order valence-electron chi connectivity index (χ1n) is 9.68. The van der Waals surface area contributed by atoms with Crippen LogP contribution in [-0.4, -0.2) is 50.7 Å². The molecule has 5 heteroatoms. The highest BCUT2D eigenvalue weighted by Gasteiger charge is 2.31. The van der Waals surface area contributed by atoms with E-state index < -0.39 is 0 Å². The first kappa shape index (κ1) is 19.0. The van der Waals surface area contributed by atoms with Crippen LogP contribution in [0.25, 0.3) is 0 Å². The number of hydrogen-bond acceptors (Lipinski definition) is 4. The Kier molecular flexibility index (Phi) is 5.76. The van der Waals surface area contributed by atoms with Gasteiger partial charge >= 0.3 is 0 Å². The number of nitrogens with one attached hydrogen (secondary N) is 1. The number of benzene rings is 1. The van der Waals surface area contributed by atoms with Crippen LogP contribution in [-0.2, 0) is 10.2 Å². The zero-order valence-electron chi connectivity index (χ0n) is 16.5. The van der Waals surface area contributed by atoms with Crippen molar-refractivity contribution in [1.82, 2.24) is 10.2 Å². The summed E-state index contributed by atoms with van der Waals surface area (Å²) in [6.45, 7) is 10.4. The summed E-state index contributed by atoms with van der Waals surface area (Å²) in [5.74, 6) is 3.11. The first-order valence-corrected chi connectivity index (χ1v) is 9.68. The predicted molar refractivity (Wildman–Crippen MR) is 103 cm³/mol. The molecule has 0 aromatic heterocycles. The fourth-order valence-corrected chi connectivity index (χ4v) is 4.05. The highest BCUT2D eigenvalue weighted by molar-refractivity contribution is 5.77. The molecular formula is C21H32N2O3. The van der Waals surface area contributed by atoms with Gasteiger partial charge in [0.05, 0.1) is 7.11 Å².